The zero-order chi connectivity index (χ0) is 18.6. The van der Waals surface area contributed by atoms with Crippen LogP contribution in [0.1, 0.15) is 60.9 Å². The van der Waals surface area contributed by atoms with Crippen molar-refractivity contribution in [2.24, 2.45) is 0 Å². The number of amides is 1. The van der Waals surface area contributed by atoms with Gasteiger partial charge in [0.15, 0.2) is 5.82 Å². The van der Waals surface area contributed by atoms with Gasteiger partial charge in [-0.1, -0.05) is 12.8 Å². The number of hydrogen-bond donors (Lipinski definition) is 1. The molecule has 2 aliphatic rings. The van der Waals surface area contributed by atoms with Crippen LogP contribution in [0, 0.1) is 0 Å². The number of nitrogens with zero attached hydrogens (tertiary/aromatic N) is 4. The molecule has 1 amide bonds. The average molecular weight is 369 g/mol. The van der Waals surface area contributed by atoms with E-state index < -0.39 is 0 Å². The lowest BCUT2D eigenvalue weighted by atomic mass is 10.1. The van der Waals surface area contributed by atoms with Gasteiger partial charge in [0, 0.05) is 30.4 Å². The van der Waals surface area contributed by atoms with Gasteiger partial charge in [-0.05, 0) is 44.0 Å². The van der Waals surface area contributed by atoms with Crippen molar-refractivity contribution in [1.29, 1.82) is 0 Å². The first kappa shape index (κ1) is 18.0. The van der Waals surface area contributed by atoms with Gasteiger partial charge in [0.25, 0.3) is 5.91 Å². The van der Waals surface area contributed by atoms with Crippen LogP contribution in [0.15, 0.2) is 30.6 Å². The second-order valence-corrected chi connectivity index (χ2v) is 7.38. The van der Waals surface area contributed by atoms with E-state index in [0.29, 0.717) is 11.6 Å². The van der Waals surface area contributed by atoms with E-state index in [1.165, 1.54) is 12.8 Å². The predicted octanol–water partition coefficient (Wildman–Crippen LogP) is 2.72. The van der Waals surface area contributed by atoms with Crippen molar-refractivity contribution in [1.82, 2.24) is 20.1 Å². The Bertz CT molecular complexity index is 761. The molecule has 27 heavy (non-hydrogen) atoms. The molecule has 1 aromatic carbocycles. The van der Waals surface area contributed by atoms with Gasteiger partial charge in [0.2, 0.25) is 0 Å². The van der Waals surface area contributed by atoms with Gasteiger partial charge < -0.3 is 19.5 Å². The van der Waals surface area contributed by atoms with Crippen molar-refractivity contribution in [3.8, 4) is 0 Å². The zero-order valence-corrected chi connectivity index (χ0v) is 15.8. The van der Waals surface area contributed by atoms with Gasteiger partial charge in [-0.2, -0.15) is 0 Å². The van der Waals surface area contributed by atoms with Crippen LogP contribution in [-0.2, 0) is 4.74 Å². The van der Waals surface area contributed by atoms with Crippen molar-refractivity contribution < 1.29 is 9.53 Å². The van der Waals surface area contributed by atoms with Crippen LogP contribution in [0.4, 0.5) is 5.69 Å². The van der Waals surface area contributed by atoms with Crippen LogP contribution < -0.4 is 10.2 Å². The van der Waals surface area contributed by atoms with Crippen LogP contribution in [-0.4, -0.2) is 47.0 Å². The third-order valence-corrected chi connectivity index (χ3v) is 5.56. The van der Waals surface area contributed by atoms with E-state index in [1.54, 1.807) is 6.33 Å². The summed E-state index contributed by atoms with van der Waals surface area (Å²) in [7, 11) is 0. The van der Waals surface area contributed by atoms with E-state index in [4.69, 9.17) is 4.74 Å². The summed E-state index contributed by atoms with van der Waals surface area (Å²) in [5, 5.41) is 11.4. The minimum atomic E-state index is -0.181. The number of aromatic nitrogens is 3. The number of anilines is 1. The van der Waals surface area contributed by atoms with E-state index in [1.807, 2.05) is 31.2 Å². The molecule has 2 aromatic rings. The average Bonchev–Trinajstić information content (AvgIpc) is 3.40. The maximum Gasteiger partial charge on any atom is 0.251 e. The Morgan fingerprint density at radius 3 is 2.59 bits per heavy atom. The van der Waals surface area contributed by atoms with Crippen LogP contribution in [0.2, 0.25) is 0 Å². The Labute approximate surface area is 159 Å². The molecule has 144 valence electrons. The molecule has 1 saturated heterocycles. The Balaban J connectivity index is 1.40. The third kappa shape index (κ3) is 3.98. The van der Waals surface area contributed by atoms with Crippen molar-refractivity contribution in [2.75, 3.05) is 31.2 Å². The summed E-state index contributed by atoms with van der Waals surface area (Å²) in [6, 6.07) is 8.06. The zero-order valence-electron chi connectivity index (χ0n) is 15.8. The number of morpholine rings is 1. The molecule has 0 unspecified atom stereocenters. The lowest BCUT2D eigenvalue weighted by Gasteiger charge is -2.28. The second-order valence-electron chi connectivity index (χ2n) is 7.38. The number of rotatable bonds is 5. The number of carbonyl (C=O) groups is 1. The number of benzene rings is 1. The minimum absolute atomic E-state index is 0.0861. The van der Waals surface area contributed by atoms with E-state index in [0.717, 1.165) is 50.7 Å². The van der Waals surface area contributed by atoms with Crippen molar-refractivity contribution in [3.05, 3.63) is 42.0 Å². The fraction of sp³-hybridized carbons (Fsp3) is 0.550. The summed E-state index contributed by atoms with van der Waals surface area (Å²) in [5.41, 5.74) is 1.79. The molecular weight excluding hydrogens is 342 g/mol. The summed E-state index contributed by atoms with van der Waals surface area (Å²) < 4.78 is 7.53. The van der Waals surface area contributed by atoms with E-state index in [9.17, 15) is 4.79 Å². The number of ether oxygens (including phenoxy) is 1. The molecule has 0 radical (unpaired) electrons. The fourth-order valence-corrected chi connectivity index (χ4v) is 4.02. The predicted molar refractivity (Wildman–Crippen MR) is 103 cm³/mol. The van der Waals surface area contributed by atoms with E-state index in [2.05, 4.69) is 25.0 Å². The Morgan fingerprint density at radius 1 is 1.19 bits per heavy atom. The van der Waals surface area contributed by atoms with Gasteiger partial charge in [-0.25, -0.2) is 0 Å². The molecule has 4 rings (SSSR count). The van der Waals surface area contributed by atoms with Crippen LogP contribution in [0.3, 0.4) is 0 Å². The largest absolute Gasteiger partial charge is 0.378 e. The fourth-order valence-electron chi connectivity index (χ4n) is 4.02. The molecule has 1 aromatic heterocycles. The smallest absolute Gasteiger partial charge is 0.251 e. The molecule has 7 nitrogen and oxygen atoms in total. The minimum Gasteiger partial charge on any atom is -0.378 e. The lowest BCUT2D eigenvalue weighted by Crippen LogP contribution is -2.36. The van der Waals surface area contributed by atoms with Gasteiger partial charge in [0.1, 0.15) is 6.33 Å². The number of nitrogens with one attached hydrogen (secondary N) is 1. The standard InChI is InChI=1S/C20H27N5O2/c1-15(19-23-21-14-25(19)18-4-2-3-5-18)22-20(26)16-6-8-17(9-7-16)24-10-12-27-13-11-24/h6-9,14-15,18H,2-5,10-13H2,1H3,(H,22,26)/t15-/m1/s1. The molecule has 1 aliphatic heterocycles. The van der Waals surface area contributed by atoms with Crippen LogP contribution in [0.5, 0.6) is 0 Å². The van der Waals surface area contributed by atoms with E-state index in [-0.39, 0.29) is 11.9 Å². The highest BCUT2D eigenvalue weighted by Gasteiger charge is 2.23. The SMILES string of the molecule is C[C@@H](NC(=O)c1ccc(N2CCOCC2)cc1)c1nncn1C1CCCC1. The molecule has 1 saturated carbocycles. The van der Waals surface area contributed by atoms with Crippen LogP contribution >= 0.6 is 0 Å². The quantitative estimate of drug-likeness (QED) is 0.877. The molecule has 1 atom stereocenters. The first-order valence-corrected chi connectivity index (χ1v) is 9.85. The van der Waals surface area contributed by atoms with Crippen molar-refractivity contribution in [2.45, 2.75) is 44.7 Å². The molecule has 2 fully saturated rings. The molecule has 1 N–H and O–H groups in total. The highest BCUT2D eigenvalue weighted by molar-refractivity contribution is 5.94. The first-order valence-electron chi connectivity index (χ1n) is 9.85. The van der Waals surface area contributed by atoms with Crippen molar-refractivity contribution >= 4 is 11.6 Å². The summed E-state index contributed by atoms with van der Waals surface area (Å²) in [6.45, 7) is 5.25. The topological polar surface area (TPSA) is 72.3 Å². The maximum absolute atomic E-state index is 12.7. The van der Waals surface area contributed by atoms with Crippen LogP contribution in [0.25, 0.3) is 0 Å². The monoisotopic (exact) mass is 369 g/mol. The van der Waals surface area contributed by atoms with E-state index >= 15 is 0 Å². The molecule has 0 bridgehead atoms. The summed E-state index contributed by atoms with van der Waals surface area (Å²) >= 11 is 0. The Hall–Kier alpha value is -2.41. The highest BCUT2D eigenvalue weighted by atomic mass is 16.5. The third-order valence-electron chi connectivity index (χ3n) is 5.56. The molecule has 7 heteroatoms. The first-order chi connectivity index (χ1) is 13.2. The maximum atomic E-state index is 12.7. The molecule has 0 spiro atoms. The normalized spacial score (nSPS) is 19.2. The number of carbonyl (C=O) groups excluding carboxylic acids is 1. The van der Waals surface area contributed by atoms with Gasteiger partial charge in [-0.15, -0.1) is 10.2 Å². The summed E-state index contributed by atoms with van der Waals surface area (Å²) in [5.74, 6) is 0.747. The van der Waals surface area contributed by atoms with Gasteiger partial charge in [0.05, 0.1) is 19.3 Å². The highest BCUT2D eigenvalue weighted by Crippen LogP contribution is 2.31. The number of hydrogen-bond acceptors (Lipinski definition) is 5. The summed E-state index contributed by atoms with van der Waals surface area (Å²) in [6.07, 6.45) is 6.62. The van der Waals surface area contributed by atoms with Crippen molar-refractivity contribution in [3.63, 3.8) is 0 Å². The Kier molecular flexibility index (Phi) is 5.38. The molecular formula is C20H27N5O2. The molecule has 2 heterocycles. The van der Waals surface area contributed by atoms with Gasteiger partial charge >= 0.3 is 0 Å². The Morgan fingerprint density at radius 2 is 1.89 bits per heavy atom. The summed E-state index contributed by atoms with van der Waals surface area (Å²) in [4.78, 5) is 14.9. The molecule has 1 aliphatic carbocycles. The second kappa shape index (κ2) is 8.08. The lowest BCUT2D eigenvalue weighted by molar-refractivity contribution is 0.0937. The van der Waals surface area contributed by atoms with Gasteiger partial charge in [-0.3, -0.25) is 4.79 Å².